The Hall–Kier alpha value is -3.15. The van der Waals surface area contributed by atoms with E-state index in [4.69, 9.17) is 4.74 Å². The van der Waals surface area contributed by atoms with Crippen LogP contribution in [-0.4, -0.2) is 23.6 Å². The Morgan fingerprint density at radius 3 is 2.68 bits per heavy atom. The van der Waals surface area contributed by atoms with E-state index in [2.05, 4.69) is 5.32 Å². The summed E-state index contributed by atoms with van der Waals surface area (Å²) < 4.78 is 21.5. The number of amides is 1. The van der Waals surface area contributed by atoms with Crippen molar-refractivity contribution in [2.24, 2.45) is 5.92 Å². The van der Waals surface area contributed by atoms with Gasteiger partial charge in [-0.2, -0.15) is 0 Å². The van der Waals surface area contributed by atoms with Crippen molar-refractivity contribution >= 4 is 16.8 Å². The molecule has 0 radical (unpaired) electrons. The quantitative estimate of drug-likeness (QED) is 0.591. The first-order chi connectivity index (χ1) is 14.9. The molecule has 4 rings (SSSR count). The second kappa shape index (κ2) is 8.92. The number of carbonyl (C=O) groups is 1. The van der Waals surface area contributed by atoms with E-state index in [1.807, 2.05) is 19.9 Å². The minimum absolute atomic E-state index is 0.0837. The van der Waals surface area contributed by atoms with E-state index in [1.165, 1.54) is 18.9 Å². The number of hydrogen-bond donors (Lipinski definition) is 1. The first kappa shape index (κ1) is 21.1. The molecule has 6 heteroatoms. The summed E-state index contributed by atoms with van der Waals surface area (Å²) in [6.07, 6.45) is 2.34. The van der Waals surface area contributed by atoms with Crippen LogP contribution < -0.4 is 15.6 Å². The number of hydrogen-bond acceptors (Lipinski definition) is 3. The maximum atomic E-state index is 14.3. The Bertz CT molecular complexity index is 1170. The van der Waals surface area contributed by atoms with Crippen LogP contribution in [0.15, 0.2) is 53.3 Å². The molecule has 0 aliphatic heterocycles. The van der Waals surface area contributed by atoms with Gasteiger partial charge < -0.3 is 14.6 Å². The third-order valence-corrected chi connectivity index (χ3v) is 5.68. The Morgan fingerprint density at radius 2 is 1.97 bits per heavy atom. The van der Waals surface area contributed by atoms with Crippen LogP contribution in [0.5, 0.6) is 5.75 Å². The average molecular weight is 423 g/mol. The highest BCUT2D eigenvalue weighted by Crippen LogP contribution is 2.28. The lowest BCUT2D eigenvalue weighted by Gasteiger charge is -2.17. The van der Waals surface area contributed by atoms with Crippen molar-refractivity contribution in [2.75, 3.05) is 13.2 Å². The van der Waals surface area contributed by atoms with Crippen molar-refractivity contribution in [1.82, 2.24) is 9.88 Å². The average Bonchev–Trinajstić information content (AvgIpc) is 3.58. The highest BCUT2D eigenvalue weighted by Gasteiger charge is 2.21. The molecular weight excluding hydrogens is 395 g/mol. The molecule has 0 atom stereocenters. The van der Waals surface area contributed by atoms with Gasteiger partial charge in [0.2, 0.25) is 0 Å². The fourth-order valence-corrected chi connectivity index (χ4v) is 3.69. The Morgan fingerprint density at radius 1 is 1.19 bits per heavy atom. The van der Waals surface area contributed by atoms with Gasteiger partial charge in [-0.1, -0.05) is 32.0 Å². The van der Waals surface area contributed by atoms with Gasteiger partial charge in [0.1, 0.15) is 11.6 Å². The van der Waals surface area contributed by atoms with Crippen LogP contribution in [0, 0.1) is 11.7 Å². The highest BCUT2D eigenvalue weighted by molar-refractivity contribution is 5.85. The number of aromatic nitrogens is 1. The highest BCUT2D eigenvalue weighted by atomic mass is 19.1. The number of benzene rings is 2. The first-order valence-corrected chi connectivity index (χ1v) is 10.7. The summed E-state index contributed by atoms with van der Waals surface area (Å²) in [7, 11) is 0. The van der Waals surface area contributed by atoms with Gasteiger partial charge in [0.25, 0.3) is 11.5 Å². The summed E-state index contributed by atoms with van der Waals surface area (Å²) in [5.74, 6) is 0.740. The van der Waals surface area contributed by atoms with Crippen molar-refractivity contribution in [3.8, 4) is 5.75 Å². The van der Waals surface area contributed by atoms with E-state index >= 15 is 0 Å². The largest absolute Gasteiger partial charge is 0.484 e. The molecule has 1 N–H and O–H groups in total. The number of halogens is 1. The molecule has 31 heavy (non-hydrogen) atoms. The molecule has 1 aromatic heterocycles. The zero-order valence-corrected chi connectivity index (χ0v) is 17.9. The van der Waals surface area contributed by atoms with Crippen LogP contribution in [0.4, 0.5) is 4.39 Å². The number of nitrogens with zero attached hydrogens (tertiary/aromatic N) is 1. The molecule has 1 aliphatic carbocycles. The molecule has 2 aromatic carbocycles. The smallest absolute Gasteiger partial charge is 0.257 e. The number of nitrogens with one attached hydrogen (secondary N) is 1. The SMILES string of the molecule is CC(C)c1cc(=O)n(Cc2ccccc2F)c2cc(OCC(=O)NCC3CC3)ccc12. The summed E-state index contributed by atoms with van der Waals surface area (Å²) in [5, 5.41) is 3.79. The topological polar surface area (TPSA) is 60.3 Å². The zero-order chi connectivity index (χ0) is 22.0. The molecule has 1 heterocycles. The maximum absolute atomic E-state index is 14.3. The lowest BCUT2D eigenvalue weighted by Crippen LogP contribution is -2.30. The van der Waals surface area contributed by atoms with Crippen molar-refractivity contribution in [3.05, 3.63) is 75.8 Å². The van der Waals surface area contributed by atoms with Crippen LogP contribution in [-0.2, 0) is 11.3 Å². The van der Waals surface area contributed by atoms with Gasteiger partial charge in [0, 0.05) is 29.6 Å². The van der Waals surface area contributed by atoms with Crippen LogP contribution in [0.25, 0.3) is 10.9 Å². The molecule has 0 bridgehead atoms. The molecular formula is C25H27FN2O3. The monoisotopic (exact) mass is 422 g/mol. The van der Waals surface area contributed by atoms with E-state index in [1.54, 1.807) is 41.0 Å². The van der Waals surface area contributed by atoms with Gasteiger partial charge >= 0.3 is 0 Å². The molecule has 3 aromatic rings. The minimum Gasteiger partial charge on any atom is -0.484 e. The molecule has 1 saturated carbocycles. The van der Waals surface area contributed by atoms with Crippen LogP contribution >= 0.6 is 0 Å². The van der Waals surface area contributed by atoms with E-state index in [-0.39, 0.29) is 36.4 Å². The van der Waals surface area contributed by atoms with Gasteiger partial charge in [-0.3, -0.25) is 9.59 Å². The standard InChI is InChI=1S/C25H27FN2O3/c1-16(2)21-12-25(30)28(14-18-5-3-4-6-22(18)26)23-11-19(9-10-20(21)23)31-15-24(29)27-13-17-7-8-17/h3-6,9-12,16-17H,7-8,13-15H2,1-2H3,(H,27,29). The number of ether oxygens (including phenoxy) is 1. The third kappa shape index (κ3) is 4.95. The Labute approximate surface area is 180 Å². The normalized spacial score (nSPS) is 13.5. The molecule has 162 valence electrons. The van der Waals surface area contributed by atoms with Crippen LogP contribution in [0.1, 0.15) is 43.7 Å². The first-order valence-electron chi connectivity index (χ1n) is 10.7. The summed E-state index contributed by atoms with van der Waals surface area (Å²) >= 11 is 0. The summed E-state index contributed by atoms with van der Waals surface area (Å²) in [6.45, 7) is 4.79. The molecule has 1 amide bonds. The summed E-state index contributed by atoms with van der Waals surface area (Å²) in [6, 6.07) is 13.5. The van der Waals surface area contributed by atoms with Crippen LogP contribution in [0.3, 0.4) is 0 Å². The van der Waals surface area contributed by atoms with Crippen molar-refractivity contribution < 1.29 is 13.9 Å². The predicted octanol–water partition coefficient (Wildman–Crippen LogP) is 4.22. The van der Waals surface area contributed by atoms with Gasteiger partial charge in [0.05, 0.1) is 12.1 Å². The van der Waals surface area contributed by atoms with Gasteiger partial charge in [0.15, 0.2) is 6.61 Å². The van der Waals surface area contributed by atoms with Gasteiger partial charge in [-0.25, -0.2) is 4.39 Å². The van der Waals surface area contributed by atoms with E-state index in [0.717, 1.165) is 10.9 Å². The molecule has 1 fully saturated rings. The molecule has 5 nitrogen and oxygen atoms in total. The second-order valence-corrected chi connectivity index (χ2v) is 8.49. The van der Waals surface area contributed by atoms with Crippen molar-refractivity contribution in [2.45, 2.75) is 39.2 Å². The Kier molecular flexibility index (Phi) is 6.07. The van der Waals surface area contributed by atoms with Crippen molar-refractivity contribution in [3.63, 3.8) is 0 Å². The minimum atomic E-state index is -0.352. The fourth-order valence-electron chi connectivity index (χ4n) is 3.69. The van der Waals surface area contributed by atoms with Crippen LogP contribution in [0.2, 0.25) is 0 Å². The van der Waals surface area contributed by atoms with E-state index in [9.17, 15) is 14.0 Å². The fraction of sp³-hybridized carbons (Fsp3) is 0.360. The van der Waals surface area contributed by atoms with E-state index in [0.29, 0.717) is 29.3 Å². The zero-order valence-electron chi connectivity index (χ0n) is 17.9. The van der Waals surface area contributed by atoms with E-state index < -0.39 is 0 Å². The summed E-state index contributed by atoms with van der Waals surface area (Å²) in [5.41, 5.74) is 1.83. The number of carbonyl (C=O) groups excluding carboxylic acids is 1. The molecule has 0 saturated heterocycles. The van der Waals surface area contributed by atoms with Gasteiger partial charge in [-0.05, 0) is 48.4 Å². The van der Waals surface area contributed by atoms with Crippen molar-refractivity contribution in [1.29, 1.82) is 0 Å². The van der Waals surface area contributed by atoms with Gasteiger partial charge in [-0.15, -0.1) is 0 Å². The number of pyridine rings is 1. The third-order valence-electron chi connectivity index (χ3n) is 5.68. The predicted molar refractivity (Wildman–Crippen MR) is 119 cm³/mol. The number of fused-ring (bicyclic) bond motifs is 1. The molecule has 0 unspecified atom stereocenters. The lowest BCUT2D eigenvalue weighted by molar-refractivity contribution is -0.123. The Balaban J connectivity index is 1.66. The second-order valence-electron chi connectivity index (χ2n) is 8.49. The lowest BCUT2D eigenvalue weighted by atomic mass is 9.98. The number of rotatable bonds is 8. The molecule has 0 spiro atoms. The summed E-state index contributed by atoms with van der Waals surface area (Å²) in [4.78, 5) is 25.0. The maximum Gasteiger partial charge on any atom is 0.257 e. The molecule has 1 aliphatic rings.